The van der Waals surface area contributed by atoms with Gasteiger partial charge in [0.05, 0.1) is 6.54 Å². The first-order chi connectivity index (χ1) is 11.7. The van der Waals surface area contributed by atoms with Crippen molar-refractivity contribution in [2.24, 2.45) is 0 Å². The van der Waals surface area contributed by atoms with Crippen LogP contribution in [0.15, 0.2) is 0 Å². The molecule has 0 spiro atoms. The lowest BCUT2D eigenvalue weighted by atomic mass is 9.98. The van der Waals surface area contributed by atoms with E-state index < -0.39 is 0 Å². The average molecular weight is 337 g/mol. The van der Waals surface area contributed by atoms with Gasteiger partial charge in [-0.1, -0.05) is 12.8 Å². The minimum absolute atomic E-state index is 0.243. The van der Waals surface area contributed by atoms with Crippen molar-refractivity contribution in [2.45, 2.75) is 63.5 Å². The molecular weight excluding hydrogens is 300 g/mol. The fraction of sp³-hybridized carbons (Fsp3) is 0.947. The third kappa shape index (κ3) is 5.43. The Hall–Kier alpha value is -0.650. The predicted octanol–water partition coefficient (Wildman–Crippen LogP) is 1.54. The smallest absolute Gasteiger partial charge is 0.234 e. The van der Waals surface area contributed by atoms with E-state index in [0.29, 0.717) is 12.6 Å². The van der Waals surface area contributed by atoms with Crippen LogP contribution in [0.25, 0.3) is 0 Å². The lowest BCUT2D eigenvalue weighted by Gasteiger charge is -2.41. The first-order valence-electron chi connectivity index (χ1n) is 10.1. The zero-order valence-electron chi connectivity index (χ0n) is 15.5. The van der Waals surface area contributed by atoms with Gasteiger partial charge in [0.1, 0.15) is 0 Å². The summed E-state index contributed by atoms with van der Waals surface area (Å²) in [6.07, 6.45) is 10.1. The lowest BCUT2D eigenvalue weighted by molar-refractivity contribution is -0.123. The molecule has 3 saturated heterocycles. The normalized spacial score (nSPS) is 29.3. The van der Waals surface area contributed by atoms with E-state index in [2.05, 4.69) is 27.1 Å². The minimum Gasteiger partial charge on any atom is -0.351 e. The molecule has 0 aromatic carbocycles. The van der Waals surface area contributed by atoms with Crippen LogP contribution >= 0.6 is 0 Å². The van der Waals surface area contributed by atoms with Gasteiger partial charge in [-0.05, 0) is 78.3 Å². The van der Waals surface area contributed by atoms with Crippen LogP contribution in [-0.2, 0) is 4.79 Å². The van der Waals surface area contributed by atoms with Crippen LogP contribution < -0.4 is 5.32 Å². The molecule has 1 atom stereocenters. The zero-order valence-corrected chi connectivity index (χ0v) is 15.5. The number of rotatable bonds is 4. The fourth-order valence-corrected chi connectivity index (χ4v) is 4.59. The summed E-state index contributed by atoms with van der Waals surface area (Å²) >= 11 is 0. The van der Waals surface area contributed by atoms with Gasteiger partial charge in [-0.2, -0.15) is 0 Å². The molecule has 1 amide bonds. The maximum Gasteiger partial charge on any atom is 0.234 e. The molecule has 0 aromatic heterocycles. The van der Waals surface area contributed by atoms with Gasteiger partial charge in [-0.3, -0.25) is 14.6 Å². The summed E-state index contributed by atoms with van der Waals surface area (Å²) in [4.78, 5) is 19.9. The summed E-state index contributed by atoms with van der Waals surface area (Å²) in [5, 5.41) is 3.33. The van der Waals surface area contributed by atoms with E-state index in [9.17, 15) is 4.79 Å². The topological polar surface area (TPSA) is 38.8 Å². The van der Waals surface area contributed by atoms with Gasteiger partial charge in [0.25, 0.3) is 0 Å². The van der Waals surface area contributed by atoms with Gasteiger partial charge < -0.3 is 10.2 Å². The summed E-state index contributed by atoms with van der Waals surface area (Å²) in [5.74, 6) is 0.243. The van der Waals surface area contributed by atoms with E-state index in [-0.39, 0.29) is 5.91 Å². The quantitative estimate of drug-likeness (QED) is 0.845. The van der Waals surface area contributed by atoms with Crippen molar-refractivity contribution in [1.29, 1.82) is 0 Å². The number of hydrogen-bond acceptors (Lipinski definition) is 4. The van der Waals surface area contributed by atoms with E-state index in [4.69, 9.17) is 0 Å². The summed E-state index contributed by atoms with van der Waals surface area (Å²) in [7, 11) is 2.22. The molecule has 0 saturated carbocycles. The highest BCUT2D eigenvalue weighted by Crippen LogP contribution is 2.20. The third-order valence-electron chi connectivity index (χ3n) is 6.09. The molecule has 5 heteroatoms. The summed E-state index contributed by atoms with van der Waals surface area (Å²) in [6.45, 7) is 7.50. The van der Waals surface area contributed by atoms with Crippen LogP contribution in [0.2, 0.25) is 0 Å². The van der Waals surface area contributed by atoms with Crippen LogP contribution in [0.1, 0.15) is 51.4 Å². The van der Waals surface area contributed by atoms with Gasteiger partial charge >= 0.3 is 0 Å². The number of carbonyl (C=O) groups is 1. The second-order valence-electron chi connectivity index (χ2n) is 8.13. The Labute approximate surface area is 147 Å². The van der Waals surface area contributed by atoms with E-state index in [1.165, 1.54) is 64.6 Å². The molecule has 3 aliphatic rings. The number of hydrogen-bond donors (Lipinski definition) is 1. The SMILES string of the molecule is CN1CCC(N2CCC[C@H](NC(=O)CN3CCCCCC3)C2)CC1. The zero-order chi connectivity index (χ0) is 16.8. The summed E-state index contributed by atoms with van der Waals surface area (Å²) < 4.78 is 0. The average Bonchev–Trinajstić information content (AvgIpc) is 2.84. The van der Waals surface area contributed by atoms with E-state index >= 15 is 0 Å². The lowest BCUT2D eigenvalue weighted by Crippen LogP contribution is -2.54. The Bertz CT molecular complexity index is 387. The molecule has 0 unspecified atom stereocenters. The van der Waals surface area contributed by atoms with Crippen LogP contribution in [0.4, 0.5) is 0 Å². The molecule has 24 heavy (non-hydrogen) atoms. The van der Waals surface area contributed by atoms with Crippen molar-refractivity contribution in [2.75, 3.05) is 52.9 Å². The largest absolute Gasteiger partial charge is 0.351 e. The molecule has 3 fully saturated rings. The van der Waals surface area contributed by atoms with E-state index in [0.717, 1.165) is 32.1 Å². The molecule has 138 valence electrons. The number of piperidine rings is 2. The Balaban J connectivity index is 1.42. The highest BCUT2D eigenvalue weighted by Gasteiger charge is 2.28. The summed E-state index contributed by atoms with van der Waals surface area (Å²) in [5.41, 5.74) is 0. The van der Waals surface area contributed by atoms with E-state index in [1.807, 2.05) is 0 Å². The van der Waals surface area contributed by atoms with Crippen LogP contribution in [0.5, 0.6) is 0 Å². The van der Waals surface area contributed by atoms with Crippen molar-refractivity contribution in [3.05, 3.63) is 0 Å². The third-order valence-corrected chi connectivity index (χ3v) is 6.09. The molecule has 0 bridgehead atoms. The molecule has 1 N–H and O–H groups in total. The number of likely N-dealkylation sites (tertiary alicyclic amines) is 3. The van der Waals surface area contributed by atoms with Crippen LogP contribution in [-0.4, -0.2) is 85.6 Å². The molecule has 0 aliphatic carbocycles. The molecule has 5 nitrogen and oxygen atoms in total. The maximum atomic E-state index is 12.4. The van der Waals surface area contributed by atoms with Crippen molar-refractivity contribution in [3.8, 4) is 0 Å². The van der Waals surface area contributed by atoms with Gasteiger partial charge in [0, 0.05) is 18.6 Å². The van der Waals surface area contributed by atoms with Crippen molar-refractivity contribution < 1.29 is 4.79 Å². The summed E-state index contributed by atoms with van der Waals surface area (Å²) in [6, 6.07) is 1.09. The van der Waals surface area contributed by atoms with Crippen molar-refractivity contribution >= 4 is 5.91 Å². The number of nitrogens with one attached hydrogen (secondary N) is 1. The molecule has 0 aromatic rings. The molecule has 3 aliphatic heterocycles. The minimum atomic E-state index is 0.243. The van der Waals surface area contributed by atoms with Gasteiger partial charge in [0.15, 0.2) is 0 Å². The van der Waals surface area contributed by atoms with Crippen molar-refractivity contribution in [1.82, 2.24) is 20.0 Å². The maximum absolute atomic E-state index is 12.4. The Morgan fingerprint density at radius 1 is 0.917 bits per heavy atom. The number of amides is 1. The first kappa shape index (κ1) is 18.2. The van der Waals surface area contributed by atoms with Gasteiger partial charge in [0.2, 0.25) is 5.91 Å². The van der Waals surface area contributed by atoms with Gasteiger partial charge in [-0.15, -0.1) is 0 Å². The molecule has 3 heterocycles. The standard InChI is InChI=1S/C19H36N4O/c1-21-13-8-18(9-14-21)23-12-6-7-17(15-23)20-19(24)16-22-10-4-2-3-5-11-22/h17-18H,2-16H2,1H3,(H,20,24)/t17-/m0/s1. The van der Waals surface area contributed by atoms with Crippen LogP contribution in [0, 0.1) is 0 Å². The monoisotopic (exact) mass is 336 g/mol. The number of carbonyl (C=O) groups excluding carboxylic acids is 1. The van der Waals surface area contributed by atoms with Crippen LogP contribution in [0.3, 0.4) is 0 Å². The van der Waals surface area contributed by atoms with Crippen molar-refractivity contribution in [3.63, 3.8) is 0 Å². The first-order valence-corrected chi connectivity index (χ1v) is 10.1. The molecule has 0 radical (unpaired) electrons. The predicted molar refractivity (Wildman–Crippen MR) is 98.2 cm³/mol. The fourth-order valence-electron chi connectivity index (χ4n) is 4.59. The van der Waals surface area contributed by atoms with E-state index in [1.54, 1.807) is 0 Å². The Morgan fingerprint density at radius 2 is 1.62 bits per heavy atom. The Morgan fingerprint density at radius 3 is 2.33 bits per heavy atom. The van der Waals surface area contributed by atoms with Gasteiger partial charge in [-0.25, -0.2) is 0 Å². The second-order valence-corrected chi connectivity index (χ2v) is 8.13. The molecular formula is C19H36N4O. The highest BCUT2D eigenvalue weighted by atomic mass is 16.2. The second kappa shape index (κ2) is 9.16. The highest BCUT2D eigenvalue weighted by molar-refractivity contribution is 5.78. The number of nitrogens with zero attached hydrogens (tertiary/aromatic N) is 3. The molecule has 3 rings (SSSR count). The Kier molecular flexibility index (Phi) is 6.93.